The fourth-order valence-corrected chi connectivity index (χ4v) is 3.29. The Morgan fingerprint density at radius 1 is 1.38 bits per heavy atom. The van der Waals surface area contributed by atoms with Gasteiger partial charge < -0.3 is 5.32 Å². The van der Waals surface area contributed by atoms with Crippen LogP contribution in [-0.2, 0) is 0 Å². The Hall–Kier alpha value is -1.48. The largest absolute Gasteiger partial charge is 0.345 e. The summed E-state index contributed by atoms with van der Waals surface area (Å²) in [6.45, 7) is 3.90. The Morgan fingerprint density at radius 2 is 2.10 bits per heavy atom. The molecule has 1 aromatic heterocycles. The summed E-state index contributed by atoms with van der Waals surface area (Å²) in [7, 11) is 0. The van der Waals surface area contributed by atoms with E-state index in [9.17, 15) is 14.9 Å². The molecule has 5 nitrogen and oxygen atoms in total. The molecule has 0 bridgehead atoms. The van der Waals surface area contributed by atoms with Gasteiger partial charge in [0.25, 0.3) is 11.6 Å². The Labute approximate surface area is 139 Å². The predicted molar refractivity (Wildman–Crippen MR) is 90.8 cm³/mol. The second-order valence-corrected chi connectivity index (χ2v) is 7.05. The SMILES string of the molecule is Cc1ccc(C(C)NC(=O)c2cc([N+](=O)[O-])ccc2I)s1. The van der Waals surface area contributed by atoms with Crippen molar-refractivity contribution in [3.63, 3.8) is 0 Å². The molecule has 110 valence electrons. The number of benzene rings is 1. The predicted octanol–water partition coefficient (Wildman–Crippen LogP) is 4.06. The fraction of sp³-hybridized carbons (Fsp3) is 0.214. The maximum atomic E-state index is 12.3. The molecule has 0 aliphatic carbocycles. The molecule has 2 aromatic rings. The third-order valence-corrected chi connectivity index (χ3v) is 5.06. The van der Waals surface area contributed by atoms with Crippen molar-refractivity contribution >= 4 is 45.5 Å². The first-order chi connectivity index (χ1) is 9.88. The van der Waals surface area contributed by atoms with E-state index < -0.39 is 4.92 Å². The summed E-state index contributed by atoms with van der Waals surface area (Å²) in [6.07, 6.45) is 0. The number of nitro benzene ring substituents is 1. The molecule has 1 atom stereocenters. The van der Waals surface area contributed by atoms with Crippen LogP contribution in [0.25, 0.3) is 0 Å². The molecule has 0 saturated heterocycles. The summed E-state index contributed by atoms with van der Waals surface area (Å²) in [5.41, 5.74) is 0.241. The Morgan fingerprint density at radius 3 is 2.67 bits per heavy atom. The molecule has 0 aliphatic rings. The molecule has 1 amide bonds. The summed E-state index contributed by atoms with van der Waals surface area (Å²) in [5, 5.41) is 13.7. The zero-order chi connectivity index (χ0) is 15.6. The number of rotatable bonds is 4. The maximum absolute atomic E-state index is 12.3. The van der Waals surface area contributed by atoms with Crippen molar-refractivity contribution < 1.29 is 9.72 Å². The zero-order valence-corrected chi connectivity index (χ0v) is 14.4. The zero-order valence-electron chi connectivity index (χ0n) is 11.4. The number of hydrogen-bond acceptors (Lipinski definition) is 4. The van der Waals surface area contributed by atoms with Crippen molar-refractivity contribution in [3.05, 3.63) is 59.3 Å². The molecule has 21 heavy (non-hydrogen) atoms. The third kappa shape index (κ3) is 3.79. The smallest absolute Gasteiger partial charge is 0.270 e. The number of carbonyl (C=O) groups is 1. The molecular weight excluding hydrogens is 403 g/mol. The fourth-order valence-electron chi connectivity index (χ4n) is 1.83. The van der Waals surface area contributed by atoms with Gasteiger partial charge in [0.15, 0.2) is 0 Å². The molecule has 0 fully saturated rings. The van der Waals surface area contributed by atoms with Gasteiger partial charge in [-0.1, -0.05) is 0 Å². The Kier molecular flexibility index (Phi) is 4.94. The van der Waals surface area contributed by atoms with Gasteiger partial charge in [0.05, 0.1) is 16.5 Å². The van der Waals surface area contributed by atoms with Crippen molar-refractivity contribution in [3.8, 4) is 0 Å². The molecule has 0 spiro atoms. The van der Waals surface area contributed by atoms with E-state index in [1.807, 2.05) is 48.6 Å². The lowest BCUT2D eigenvalue weighted by Crippen LogP contribution is -2.26. The van der Waals surface area contributed by atoms with Crippen molar-refractivity contribution in [2.45, 2.75) is 19.9 Å². The molecule has 1 unspecified atom stereocenters. The van der Waals surface area contributed by atoms with Gasteiger partial charge in [-0.05, 0) is 54.6 Å². The van der Waals surface area contributed by atoms with Gasteiger partial charge in [0.1, 0.15) is 0 Å². The molecule has 1 aromatic carbocycles. The van der Waals surface area contributed by atoms with Crippen LogP contribution < -0.4 is 5.32 Å². The number of halogens is 1. The van der Waals surface area contributed by atoms with E-state index in [1.165, 1.54) is 17.0 Å². The van der Waals surface area contributed by atoms with E-state index in [4.69, 9.17) is 0 Å². The molecule has 2 rings (SSSR count). The van der Waals surface area contributed by atoms with Gasteiger partial charge in [-0.15, -0.1) is 11.3 Å². The topological polar surface area (TPSA) is 72.2 Å². The number of carbonyl (C=O) groups excluding carboxylic acids is 1. The number of amides is 1. The minimum Gasteiger partial charge on any atom is -0.345 e. The number of hydrogen-bond donors (Lipinski definition) is 1. The highest BCUT2D eigenvalue weighted by atomic mass is 127. The quantitative estimate of drug-likeness (QED) is 0.464. The lowest BCUT2D eigenvalue weighted by atomic mass is 10.1. The lowest BCUT2D eigenvalue weighted by molar-refractivity contribution is -0.384. The summed E-state index contributed by atoms with van der Waals surface area (Å²) in [4.78, 5) is 24.8. The Balaban J connectivity index is 2.20. The summed E-state index contributed by atoms with van der Waals surface area (Å²) in [5.74, 6) is -0.304. The first-order valence-corrected chi connectivity index (χ1v) is 8.09. The molecule has 0 saturated carbocycles. The third-order valence-electron chi connectivity index (χ3n) is 2.94. The summed E-state index contributed by atoms with van der Waals surface area (Å²) >= 11 is 3.62. The van der Waals surface area contributed by atoms with Crippen LogP contribution in [0.2, 0.25) is 0 Å². The van der Waals surface area contributed by atoms with Crippen LogP contribution in [0.1, 0.15) is 33.1 Å². The number of nitrogens with zero attached hydrogens (tertiary/aromatic N) is 1. The van der Waals surface area contributed by atoms with Crippen LogP contribution in [0.15, 0.2) is 30.3 Å². The van der Waals surface area contributed by atoms with Crippen LogP contribution in [0, 0.1) is 20.6 Å². The Bertz CT molecular complexity index is 699. The van der Waals surface area contributed by atoms with Gasteiger partial charge in [0, 0.05) is 25.5 Å². The molecule has 7 heteroatoms. The number of non-ortho nitro benzene ring substituents is 1. The molecule has 1 N–H and O–H groups in total. The highest BCUT2D eigenvalue weighted by Crippen LogP contribution is 2.24. The second-order valence-electron chi connectivity index (χ2n) is 4.56. The normalized spacial score (nSPS) is 12.0. The van der Waals surface area contributed by atoms with Crippen LogP contribution in [0.3, 0.4) is 0 Å². The first-order valence-electron chi connectivity index (χ1n) is 6.19. The first kappa shape index (κ1) is 15.9. The maximum Gasteiger partial charge on any atom is 0.270 e. The number of aryl methyl sites for hydroxylation is 1. The van der Waals surface area contributed by atoms with Crippen LogP contribution >= 0.6 is 33.9 Å². The van der Waals surface area contributed by atoms with Crippen LogP contribution in [0.5, 0.6) is 0 Å². The average Bonchev–Trinajstić information content (AvgIpc) is 2.85. The average molecular weight is 416 g/mol. The monoisotopic (exact) mass is 416 g/mol. The van der Waals surface area contributed by atoms with Gasteiger partial charge in [0.2, 0.25) is 0 Å². The highest BCUT2D eigenvalue weighted by Gasteiger charge is 2.18. The van der Waals surface area contributed by atoms with Gasteiger partial charge in [-0.25, -0.2) is 0 Å². The minimum absolute atomic E-state index is 0.0832. The molecule has 0 aliphatic heterocycles. The van der Waals surface area contributed by atoms with Gasteiger partial charge in [-0.2, -0.15) is 0 Å². The summed E-state index contributed by atoms with van der Waals surface area (Å²) in [6, 6.07) is 8.12. The number of nitrogens with one attached hydrogen (secondary N) is 1. The number of thiophene rings is 1. The van der Waals surface area contributed by atoms with E-state index in [2.05, 4.69) is 5.32 Å². The molecular formula is C14H13IN2O3S. The number of nitro groups is 1. The summed E-state index contributed by atoms with van der Waals surface area (Å²) < 4.78 is 0.685. The van der Waals surface area contributed by atoms with Gasteiger partial charge >= 0.3 is 0 Å². The van der Waals surface area contributed by atoms with E-state index in [1.54, 1.807) is 17.4 Å². The van der Waals surface area contributed by atoms with Crippen molar-refractivity contribution in [2.24, 2.45) is 0 Å². The van der Waals surface area contributed by atoms with Crippen molar-refractivity contribution in [1.82, 2.24) is 5.32 Å². The highest BCUT2D eigenvalue weighted by molar-refractivity contribution is 14.1. The van der Waals surface area contributed by atoms with Crippen LogP contribution in [-0.4, -0.2) is 10.8 Å². The van der Waals surface area contributed by atoms with Crippen LogP contribution in [0.4, 0.5) is 5.69 Å². The van der Waals surface area contributed by atoms with Gasteiger partial charge in [-0.3, -0.25) is 14.9 Å². The standard InChI is InChI=1S/C14H13IN2O3S/c1-8-3-6-13(21-8)9(2)16-14(18)11-7-10(17(19)20)4-5-12(11)15/h3-7,9H,1-2H3,(H,16,18). The second kappa shape index (κ2) is 6.52. The lowest BCUT2D eigenvalue weighted by Gasteiger charge is -2.13. The van der Waals surface area contributed by atoms with E-state index in [0.29, 0.717) is 9.13 Å². The molecule has 1 heterocycles. The molecule has 0 radical (unpaired) electrons. The minimum atomic E-state index is -0.501. The van der Waals surface area contributed by atoms with E-state index in [0.717, 1.165) is 4.88 Å². The van der Waals surface area contributed by atoms with E-state index >= 15 is 0 Å². The van der Waals surface area contributed by atoms with Crippen molar-refractivity contribution in [1.29, 1.82) is 0 Å². The van der Waals surface area contributed by atoms with E-state index in [-0.39, 0.29) is 17.6 Å². The van der Waals surface area contributed by atoms with Crippen molar-refractivity contribution in [2.75, 3.05) is 0 Å².